The average Bonchev–Trinajstić information content (AvgIpc) is 2.86. The zero-order valence-corrected chi connectivity index (χ0v) is 21.9. The van der Waals surface area contributed by atoms with Crippen LogP contribution in [0, 0.1) is 6.92 Å². The van der Waals surface area contributed by atoms with E-state index in [0.29, 0.717) is 30.3 Å². The zero-order valence-electron chi connectivity index (χ0n) is 20.4. The van der Waals surface area contributed by atoms with Crippen LogP contribution in [0.2, 0.25) is 5.02 Å². The Kier molecular flexibility index (Phi) is 10.7. The molecule has 0 radical (unpaired) electrons. The predicted molar refractivity (Wildman–Crippen MR) is 147 cm³/mol. The maximum Gasteiger partial charge on any atom is 0.243 e. The third-order valence-corrected chi connectivity index (χ3v) is 7.03. The Hall–Kier alpha value is -2.76. The van der Waals surface area contributed by atoms with E-state index in [-0.39, 0.29) is 17.6 Å². The molecule has 0 aliphatic carbocycles. The highest BCUT2D eigenvalue weighted by molar-refractivity contribution is 7.99. The summed E-state index contributed by atoms with van der Waals surface area (Å²) in [5.74, 6) is 0.797. The summed E-state index contributed by atoms with van der Waals surface area (Å²) in [5, 5.41) is 3.71. The van der Waals surface area contributed by atoms with E-state index in [4.69, 9.17) is 11.6 Å². The molecule has 0 saturated heterocycles. The molecular weight excluding hydrogens is 476 g/mol. The SMILES string of the molecule is CCCNC(=O)[C@H](Cc1ccccc1)N(Cc1ccccc1C)C(=O)CSCc1cccc(Cl)c1. The van der Waals surface area contributed by atoms with Crippen LogP contribution in [0.15, 0.2) is 78.9 Å². The van der Waals surface area contributed by atoms with Gasteiger partial charge >= 0.3 is 0 Å². The van der Waals surface area contributed by atoms with Gasteiger partial charge in [0.15, 0.2) is 0 Å². The van der Waals surface area contributed by atoms with Crippen LogP contribution in [0.4, 0.5) is 0 Å². The summed E-state index contributed by atoms with van der Waals surface area (Å²) >= 11 is 7.65. The quantitative estimate of drug-likeness (QED) is 0.324. The van der Waals surface area contributed by atoms with Crippen LogP contribution in [0.25, 0.3) is 0 Å². The van der Waals surface area contributed by atoms with Crippen molar-refractivity contribution in [3.8, 4) is 0 Å². The number of halogens is 1. The molecule has 3 aromatic rings. The summed E-state index contributed by atoms with van der Waals surface area (Å²) in [4.78, 5) is 28.7. The number of hydrogen-bond acceptors (Lipinski definition) is 3. The highest BCUT2D eigenvalue weighted by atomic mass is 35.5. The summed E-state index contributed by atoms with van der Waals surface area (Å²) in [7, 11) is 0. The van der Waals surface area contributed by atoms with E-state index in [0.717, 1.165) is 28.7 Å². The standard InChI is InChI=1S/C29H33ClN2O2S/c1-3-16-31-29(34)27(18-23-11-5-4-6-12-23)32(19-25-14-8-7-10-22(25)2)28(33)21-35-20-24-13-9-15-26(30)17-24/h4-15,17,27H,3,16,18-21H2,1-2H3,(H,31,34)/t27-/m0/s1. The Balaban J connectivity index is 1.84. The van der Waals surface area contributed by atoms with Crippen molar-refractivity contribution in [2.24, 2.45) is 0 Å². The van der Waals surface area contributed by atoms with Gasteiger partial charge in [0.25, 0.3) is 0 Å². The Labute approximate surface area is 218 Å². The fourth-order valence-electron chi connectivity index (χ4n) is 3.86. The highest BCUT2D eigenvalue weighted by Gasteiger charge is 2.30. The minimum Gasteiger partial charge on any atom is -0.354 e. The lowest BCUT2D eigenvalue weighted by Crippen LogP contribution is -2.51. The molecular formula is C29H33ClN2O2S. The van der Waals surface area contributed by atoms with Gasteiger partial charge in [0.05, 0.1) is 5.75 Å². The second-order valence-corrected chi connectivity index (χ2v) is 9.99. The molecule has 0 heterocycles. The van der Waals surface area contributed by atoms with E-state index in [1.54, 1.807) is 4.90 Å². The van der Waals surface area contributed by atoms with Gasteiger partial charge in [-0.3, -0.25) is 9.59 Å². The normalized spacial score (nSPS) is 11.6. The summed E-state index contributed by atoms with van der Waals surface area (Å²) in [6.07, 6.45) is 1.30. The van der Waals surface area contributed by atoms with Gasteiger partial charge in [-0.2, -0.15) is 0 Å². The topological polar surface area (TPSA) is 49.4 Å². The Bertz CT molecular complexity index is 1110. The van der Waals surface area contributed by atoms with Gasteiger partial charge in [-0.1, -0.05) is 85.3 Å². The van der Waals surface area contributed by atoms with E-state index in [1.165, 1.54) is 11.8 Å². The first-order chi connectivity index (χ1) is 17.0. The molecule has 3 aromatic carbocycles. The minimum absolute atomic E-state index is 0.0483. The van der Waals surface area contributed by atoms with Crippen molar-refractivity contribution in [2.45, 2.75) is 45.0 Å². The summed E-state index contributed by atoms with van der Waals surface area (Å²) in [6.45, 7) is 5.03. The lowest BCUT2D eigenvalue weighted by Gasteiger charge is -2.32. The number of carbonyl (C=O) groups excluding carboxylic acids is 2. The van der Waals surface area contributed by atoms with Crippen LogP contribution in [0.1, 0.15) is 35.6 Å². The molecule has 1 atom stereocenters. The third-order valence-electron chi connectivity index (χ3n) is 5.81. The van der Waals surface area contributed by atoms with E-state index in [2.05, 4.69) is 5.32 Å². The molecule has 0 aliphatic rings. The molecule has 0 saturated carbocycles. The van der Waals surface area contributed by atoms with Crippen molar-refractivity contribution in [1.29, 1.82) is 0 Å². The number of aryl methyl sites for hydroxylation is 1. The van der Waals surface area contributed by atoms with Gasteiger partial charge in [-0.25, -0.2) is 0 Å². The second-order valence-electron chi connectivity index (χ2n) is 8.57. The van der Waals surface area contributed by atoms with Crippen LogP contribution in [0.3, 0.4) is 0 Å². The van der Waals surface area contributed by atoms with Crippen LogP contribution in [0.5, 0.6) is 0 Å². The number of benzene rings is 3. The van der Waals surface area contributed by atoms with Crippen molar-refractivity contribution in [1.82, 2.24) is 10.2 Å². The molecule has 35 heavy (non-hydrogen) atoms. The summed E-state index contributed by atoms with van der Waals surface area (Å²) < 4.78 is 0. The molecule has 0 aromatic heterocycles. The first-order valence-corrected chi connectivity index (χ1v) is 13.5. The van der Waals surface area contributed by atoms with Crippen molar-refractivity contribution >= 4 is 35.2 Å². The number of hydrogen-bond donors (Lipinski definition) is 1. The minimum atomic E-state index is -0.595. The zero-order chi connectivity index (χ0) is 25.0. The van der Waals surface area contributed by atoms with Crippen LogP contribution < -0.4 is 5.32 Å². The monoisotopic (exact) mass is 508 g/mol. The molecule has 4 nitrogen and oxygen atoms in total. The molecule has 2 amide bonds. The van der Waals surface area contributed by atoms with Crippen molar-refractivity contribution in [3.63, 3.8) is 0 Å². The average molecular weight is 509 g/mol. The molecule has 0 unspecified atom stereocenters. The molecule has 0 aliphatic heterocycles. The van der Waals surface area contributed by atoms with Crippen molar-refractivity contribution in [2.75, 3.05) is 12.3 Å². The van der Waals surface area contributed by atoms with E-state index in [9.17, 15) is 9.59 Å². The number of thioether (sulfide) groups is 1. The first-order valence-electron chi connectivity index (χ1n) is 12.0. The Morgan fingerprint density at radius 2 is 1.69 bits per heavy atom. The Morgan fingerprint density at radius 3 is 2.40 bits per heavy atom. The fourth-order valence-corrected chi connectivity index (χ4v) is 4.93. The van der Waals surface area contributed by atoms with E-state index in [1.807, 2.05) is 92.7 Å². The van der Waals surface area contributed by atoms with E-state index >= 15 is 0 Å². The molecule has 0 bridgehead atoms. The van der Waals surface area contributed by atoms with Crippen molar-refractivity contribution in [3.05, 3.63) is 106 Å². The maximum absolute atomic E-state index is 13.6. The van der Waals surface area contributed by atoms with Gasteiger partial charge in [0.2, 0.25) is 11.8 Å². The third kappa shape index (κ3) is 8.44. The van der Waals surface area contributed by atoms with Gasteiger partial charge in [-0.15, -0.1) is 11.8 Å². The first kappa shape index (κ1) is 26.8. The van der Waals surface area contributed by atoms with Gasteiger partial charge < -0.3 is 10.2 Å². The highest BCUT2D eigenvalue weighted by Crippen LogP contribution is 2.21. The second kappa shape index (κ2) is 14.0. The number of nitrogens with one attached hydrogen (secondary N) is 1. The fraction of sp³-hybridized carbons (Fsp3) is 0.310. The van der Waals surface area contributed by atoms with Crippen molar-refractivity contribution < 1.29 is 9.59 Å². The number of nitrogens with zero attached hydrogens (tertiary/aromatic N) is 1. The largest absolute Gasteiger partial charge is 0.354 e. The number of amides is 2. The predicted octanol–water partition coefficient (Wildman–Crippen LogP) is 6.05. The van der Waals surface area contributed by atoms with Crippen LogP contribution >= 0.6 is 23.4 Å². The van der Waals surface area contributed by atoms with Gasteiger partial charge in [0.1, 0.15) is 6.04 Å². The summed E-state index contributed by atoms with van der Waals surface area (Å²) in [5.41, 5.74) is 4.24. The number of carbonyl (C=O) groups is 2. The Morgan fingerprint density at radius 1 is 0.971 bits per heavy atom. The molecule has 3 rings (SSSR count). The molecule has 184 valence electrons. The molecule has 0 fully saturated rings. The molecule has 0 spiro atoms. The molecule has 1 N–H and O–H groups in total. The summed E-state index contributed by atoms with van der Waals surface area (Å²) in [6, 6.07) is 25.0. The van der Waals surface area contributed by atoms with Gasteiger partial charge in [-0.05, 0) is 47.7 Å². The smallest absolute Gasteiger partial charge is 0.243 e. The molecule has 6 heteroatoms. The lowest BCUT2D eigenvalue weighted by molar-refractivity contribution is -0.139. The number of rotatable bonds is 12. The maximum atomic E-state index is 13.6. The van der Waals surface area contributed by atoms with Crippen LogP contribution in [-0.4, -0.2) is 35.1 Å². The van der Waals surface area contributed by atoms with E-state index < -0.39 is 6.04 Å². The van der Waals surface area contributed by atoms with Gasteiger partial charge in [0, 0.05) is 30.3 Å². The van der Waals surface area contributed by atoms with Crippen LogP contribution in [-0.2, 0) is 28.3 Å². The lowest BCUT2D eigenvalue weighted by atomic mass is 10.0.